The first-order chi connectivity index (χ1) is 13.6. The number of unbranched alkanes of at least 4 members (excludes halogenated alkanes) is 12. The Morgan fingerprint density at radius 1 is 0.750 bits per heavy atom. The lowest BCUT2D eigenvalue weighted by molar-refractivity contribution is -0.283. The van der Waals surface area contributed by atoms with E-state index < -0.39 is 24.6 Å². The van der Waals surface area contributed by atoms with Gasteiger partial charge in [0.05, 0.1) is 12.7 Å². The molecule has 3 N–H and O–H groups in total. The second kappa shape index (κ2) is 16.6. The molecular formula is C23H46O5. The standard InChI is InChI=1S/C23H46O5/c1-3-5-6-7-8-9-10-11-12-13-14-15-16-17-19(4-2)28-23-22(26)21(25)20(24)18-27-23/h19-26H,3-18H2,1-2H3/t19?,20-,21+,22-,23-/m1/s1. The van der Waals surface area contributed by atoms with Crippen molar-refractivity contribution in [3.63, 3.8) is 0 Å². The molecule has 5 nitrogen and oxygen atoms in total. The summed E-state index contributed by atoms with van der Waals surface area (Å²) in [5, 5.41) is 29.2. The zero-order chi connectivity index (χ0) is 20.6. The molecule has 1 aliphatic heterocycles. The molecule has 0 bridgehead atoms. The van der Waals surface area contributed by atoms with Crippen LogP contribution < -0.4 is 0 Å². The van der Waals surface area contributed by atoms with Crippen molar-refractivity contribution in [1.82, 2.24) is 0 Å². The number of hydrogen-bond acceptors (Lipinski definition) is 5. The van der Waals surface area contributed by atoms with Gasteiger partial charge in [0.2, 0.25) is 0 Å². The summed E-state index contributed by atoms with van der Waals surface area (Å²) in [6.07, 6.45) is 14.9. The zero-order valence-electron chi connectivity index (χ0n) is 18.4. The van der Waals surface area contributed by atoms with Crippen LogP contribution in [0.5, 0.6) is 0 Å². The summed E-state index contributed by atoms with van der Waals surface area (Å²) in [4.78, 5) is 0. The molecule has 1 fully saturated rings. The highest BCUT2D eigenvalue weighted by atomic mass is 16.7. The highest BCUT2D eigenvalue weighted by molar-refractivity contribution is 4.83. The average molecular weight is 403 g/mol. The summed E-state index contributed by atoms with van der Waals surface area (Å²) in [6, 6.07) is 0. The van der Waals surface area contributed by atoms with Gasteiger partial charge in [0, 0.05) is 0 Å². The Hall–Kier alpha value is -0.200. The van der Waals surface area contributed by atoms with E-state index in [0.717, 1.165) is 19.3 Å². The Morgan fingerprint density at radius 3 is 1.75 bits per heavy atom. The topological polar surface area (TPSA) is 79.2 Å². The van der Waals surface area contributed by atoms with E-state index in [-0.39, 0.29) is 12.7 Å². The van der Waals surface area contributed by atoms with Gasteiger partial charge in [-0.25, -0.2) is 0 Å². The first-order valence-corrected chi connectivity index (χ1v) is 11.9. The maximum Gasteiger partial charge on any atom is 0.186 e. The maximum atomic E-state index is 9.98. The highest BCUT2D eigenvalue weighted by Crippen LogP contribution is 2.21. The lowest BCUT2D eigenvalue weighted by Crippen LogP contribution is -2.54. The molecule has 1 aliphatic rings. The Balaban J connectivity index is 1.97. The lowest BCUT2D eigenvalue weighted by atomic mass is 10.0. The van der Waals surface area contributed by atoms with Crippen LogP contribution in [0.15, 0.2) is 0 Å². The second-order valence-electron chi connectivity index (χ2n) is 8.45. The van der Waals surface area contributed by atoms with Gasteiger partial charge in [-0.3, -0.25) is 0 Å². The van der Waals surface area contributed by atoms with E-state index in [0.29, 0.717) is 0 Å². The molecule has 0 aromatic carbocycles. The molecule has 1 heterocycles. The van der Waals surface area contributed by atoms with E-state index in [4.69, 9.17) is 9.47 Å². The van der Waals surface area contributed by atoms with E-state index >= 15 is 0 Å². The molecule has 0 aliphatic carbocycles. The van der Waals surface area contributed by atoms with Crippen LogP contribution in [0.3, 0.4) is 0 Å². The van der Waals surface area contributed by atoms with Gasteiger partial charge in [0.25, 0.3) is 0 Å². The van der Waals surface area contributed by atoms with Crippen LogP contribution in [0.4, 0.5) is 0 Å². The molecule has 1 unspecified atom stereocenters. The van der Waals surface area contributed by atoms with E-state index in [1.165, 1.54) is 77.0 Å². The van der Waals surface area contributed by atoms with Crippen molar-refractivity contribution in [2.45, 2.75) is 141 Å². The van der Waals surface area contributed by atoms with Gasteiger partial charge < -0.3 is 24.8 Å². The van der Waals surface area contributed by atoms with Crippen LogP contribution in [0.2, 0.25) is 0 Å². The van der Waals surface area contributed by atoms with Crippen LogP contribution in [0.1, 0.15) is 110 Å². The highest BCUT2D eigenvalue weighted by Gasteiger charge is 2.39. The summed E-state index contributed by atoms with van der Waals surface area (Å²) < 4.78 is 11.2. The van der Waals surface area contributed by atoms with Crippen LogP contribution in [0, 0.1) is 0 Å². The van der Waals surface area contributed by atoms with Gasteiger partial charge in [0.1, 0.15) is 18.3 Å². The fourth-order valence-electron chi connectivity index (χ4n) is 3.85. The molecule has 5 heteroatoms. The maximum absolute atomic E-state index is 9.98. The number of rotatable bonds is 17. The first-order valence-electron chi connectivity index (χ1n) is 11.9. The van der Waals surface area contributed by atoms with E-state index in [1.54, 1.807) is 0 Å². The molecule has 0 amide bonds. The third kappa shape index (κ3) is 11.1. The summed E-state index contributed by atoms with van der Waals surface area (Å²) in [5.74, 6) is 0. The van der Waals surface area contributed by atoms with Crippen LogP contribution in [0.25, 0.3) is 0 Å². The minimum atomic E-state index is -1.20. The summed E-state index contributed by atoms with van der Waals surface area (Å²) >= 11 is 0. The number of aliphatic hydroxyl groups is 3. The van der Waals surface area contributed by atoms with Gasteiger partial charge >= 0.3 is 0 Å². The Labute approximate surface area is 172 Å². The smallest absolute Gasteiger partial charge is 0.186 e. The SMILES string of the molecule is CCCCCCCCCCCCCCCC(CC)O[C@H]1OC[C@@H](O)[C@H](O)[C@H]1O. The monoisotopic (exact) mass is 402 g/mol. The first kappa shape index (κ1) is 25.8. The molecule has 1 saturated heterocycles. The molecule has 28 heavy (non-hydrogen) atoms. The van der Waals surface area contributed by atoms with E-state index in [1.807, 2.05) is 0 Å². The van der Waals surface area contributed by atoms with Crippen LogP contribution in [-0.2, 0) is 9.47 Å². The Bertz CT molecular complexity index is 352. The zero-order valence-corrected chi connectivity index (χ0v) is 18.4. The molecule has 0 radical (unpaired) electrons. The van der Waals surface area contributed by atoms with E-state index in [9.17, 15) is 15.3 Å². The third-order valence-electron chi connectivity index (χ3n) is 5.87. The van der Waals surface area contributed by atoms with Crippen molar-refractivity contribution in [2.75, 3.05) is 6.61 Å². The molecule has 168 valence electrons. The van der Waals surface area contributed by atoms with Crippen LogP contribution >= 0.6 is 0 Å². The lowest BCUT2D eigenvalue weighted by Gasteiger charge is -2.36. The fourth-order valence-corrected chi connectivity index (χ4v) is 3.85. The van der Waals surface area contributed by atoms with Gasteiger partial charge in [-0.15, -0.1) is 0 Å². The van der Waals surface area contributed by atoms with Gasteiger partial charge in [-0.05, 0) is 12.8 Å². The van der Waals surface area contributed by atoms with E-state index in [2.05, 4.69) is 13.8 Å². The molecule has 0 spiro atoms. The van der Waals surface area contributed by atoms with Crippen molar-refractivity contribution in [3.8, 4) is 0 Å². The third-order valence-corrected chi connectivity index (χ3v) is 5.87. The number of aliphatic hydroxyl groups excluding tert-OH is 3. The number of ether oxygens (including phenoxy) is 2. The number of hydrogen-bond donors (Lipinski definition) is 3. The van der Waals surface area contributed by atoms with Crippen molar-refractivity contribution in [3.05, 3.63) is 0 Å². The normalized spacial score (nSPS) is 26.5. The minimum absolute atomic E-state index is 0.00192. The molecule has 5 atom stereocenters. The quantitative estimate of drug-likeness (QED) is 0.307. The van der Waals surface area contributed by atoms with Crippen molar-refractivity contribution in [1.29, 1.82) is 0 Å². The largest absolute Gasteiger partial charge is 0.388 e. The van der Waals surface area contributed by atoms with Crippen LogP contribution in [-0.4, -0.2) is 52.6 Å². The molecule has 0 saturated carbocycles. The molecular weight excluding hydrogens is 356 g/mol. The molecule has 0 aromatic rings. The van der Waals surface area contributed by atoms with Gasteiger partial charge in [-0.1, -0.05) is 97.3 Å². The van der Waals surface area contributed by atoms with Crippen molar-refractivity contribution < 1.29 is 24.8 Å². The predicted molar refractivity (Wildman–Crippen MR) is 113 cm³/mol. The van der Waals surface area contributed by atoms with Gasteiger partial charge in [0.15, 0.2) is 6.29 Å². The summed E-state index contributed by atoms with van der Waals surface area (Å²) in [6.45, 7) is 4.33. The Kier molecular flexibility index (Phi) is 15.3. The van der Waals surface area contributed by atoms with Crippen molar-refractivity contribution in [2.24, 2.45) is 0 Å². The summed E-state index contributed by atoms with van der Waals surface area (Å²) in [5.41, 5.74) is 0. The van der Waals surface area contributed by atoms with Gasteiger partial charge in [-0.2, -0.15) is 0 Å². The van der Waals surface area contributed by atoms with Crippen molar-refractivity contribution >= 4 is 0 Å². The average Bonchev–Trinajstić information content (AvgIpc) is 2.70. The molecule has 1 rings (SSSR count). The minimum Gasteiger partial charge on any atom is -0.388 e. The molecule has 0 aromatic heterocycles. The Morgan fingerprint density at radius 2 is 1.25 bits per heavy atom. The second-order valence-corrected chi connectivity index (χ2v) is 8.45. The fraction of sp³-hybridized carbons (Fsp3) is 1.00. The summed E-state index contributed by atoms with van der Waals surface area (Å²) in [7, 11) is 0. The predicted octanol–water partition coefficient (Wildman–Crippen LogP) is 4.70.